The number of nitrogens with one attached hydrogen (secondary N) is 1. The van der Waals surface area contributed by atoms with Crippen LogP contribution in [0.4, 0.5) is 5.69 Å². The smallest absolute Gasteiger partial charge is 0.0992 e. The van der Waals surface area contributed by atoms with Gasteiger partial charge in [-0.1, -0.05) is 6.92 Å². The molecule has 1 aromatic carbocycles. The highest BCUT2D eigenvalue weighted by atomic mass is 79.9. The van der Waals surface area contributed by atoms with Crippen LogP contribution >= 0.6 is 15.9 Å². The van der Waals surface area contributed by atoms with E-state index in [2.05, 4.69) is 34.2 Å². The van der Waals surface area contributed by atoms with Crippen molar-refractivity contribution in [1.29, 1.82) is 5.26 Å². The van der Waals surface area contributed by atoms with Gasteiger partial charge in [0.15, 0.2) is 0 Å². The summed E-state index contributed by atoms with van der Waals surface area (Å²) in [5.41, 5.74) is 1.79. The molecular formula is C13H15BrN2. The average molecular weight is 279 g/mol. The lowest BCUT2D eigenvalue weighted by Crippen LogP contribution is -2.15. The maximum absolute atomic E-state index is 8.78. The SMILES string of the molecule is CC1CCC(Nc2ccc(C#N)cc2Br)C1. The zero-order valence-electron chi connectivity index (χ0n) is 9.33. The molecule has 2 atom stereocenters. The highest BCUT2D eigenvalue weighted by molar-refractivity contribution is 9.10. The van der Waals surface area contributed by atoms with Crippen LogP contribution in [-0.2, 0) is 0 Å². The van der Waals surface area contributed by atoms with Crippen molar-refractivity contribution in [2.45, 2.75) is 32.2 Å². The second-order valence-electron chi connectivity index (χ2n) is 4.57. The van der Waals surface area contributed by atoms with Gasteiger partial charge in [0.1, 0.15) is 0 Å². The number of nitrogens with zero attached hydrogens (tertiary/aromatic N) is 1. The van der Waals surface area contributed by atoms with Gasteiger partial charge in [-0.15, -0.1) is 0 Å². The Labute approximate surface area is 105 Å². The maximum Gasteiger partial charge on any atom is 0.0992 e. The number of halogens is 1. The zero-order chi connectivity index (χ0) is 11.5. The summed E-state index contributed by atoms with van der Waals surface area (Å²) in [5.74, 6) is 0.828. The molecule has 1 aromatic rings. The lowest BCUT2D eigenvalue weighted by Gasteiger charge is -2.15. The molecule has 2 nitrogen and oxygen atoms in total. The van der Waals surface area contributed by atoms with Gasteiger partial charge in [-0.3, -0.25) is 0 Å². The normalized spacial score (nSPS) is 24.1. The van der Waals surface area contributed by atoms with E-state index in [9.17, 15) is 0 Å². The molecule has 0 spiro atoms. The lowest BCUT2D eigenvalue weighted by atomic mass is 10.1. The molecule has 0 heterocycles. The van der Waals surface area contributed by atoms with Gasteiger partial charge in [0.2, 0.25) is 0 Å². The second kappa shape index (κ2) is 4.88. The molecule has 1 fully saturated rings. The Morgan fingerprint density at radius 1 is 1.44 bits per heavy atom. The quantitative estimate of drug-likeness (QED) is 0.890. The van der Waals surface area contributed by atoms with Crippen molar-refractivity contribution in [3.63, 3.8) is 0 Å². The molecule has 1 saturated carbocycles. The van der Waals surface area contributed by atoms with Crippen molar-refractivity contribution < 1.29 is 0 Å². The van der Waals surface area contributed by atoms with Crippen LogP contribution in [0.15, 0.2) is 22.7 Å². The number of hydrogen-bond acceptors (Lipinski definition) is 2. The summed E-state index contributed by atoms with van der Waals surface area (Å²) < 4.78 is 0.978. The molecule has 84 valence electrons. The van der Waals surface area contributed by atoms with E-state index < -0.39 is 0 Å². The Morgan fingerprint density at radius 3 is 2.81 bits per heavy atom. The molecule has 1 aliphatic carbocycles. The second-order valence-corrected chi connectivity index (χ2v) is 5.42. The number of hydrogen-bond donors (Lipinski definition) is 1. The fourth-order valence-electron chi connectivity index (χ4n) is 2.26. The van der Waals surface area contributed by atoms with E-state index in [1.807, 2.05) is 18.2 Å². The summed E-state index contributed by atoms with van der Waals surface area (Å²) in [6, 6.07) is 8.41. The third kappa shape index (κ3) is 2.56. The Morgan fingerprint density at radius 2 is 2.25 bits per heavy atom. The van der Waals surface area contributed by atoms with E-state index in [0.29, 0.717) is 11.6 Å². The third-order valence-electron chi connectivity index (χ3n) is 3.15. The fourth-order valence-corrected chi connectivity index (χ4v) is 2.75. The van der Waals surface area contributed by atoms with Gasteiger partial charge in [-0.2, -0.15) is 5.26 Å². The molecule has 0 bridgehead atoms. The first kappa shape index (κ1) is 11.5. The van der Waals surface area contributed by atoms with E-state index in [-0.39, 0.29) is 0 Å². The molecule has 16 heavy (non-hydrogen) atoms. The lowest BCUT2D eigenvalue weighted by molar-refractivity contribution is 0.602. The molecule has 2 unspecified atom stereocenters. The van der Waals surface area contributed by atoms with Crippen LogP contribution in [0, 0.1) is 17.2 Å². The first-order valence-corrected chi connectivity index (χ1v) is 6.44. The molecule has 0 saturated heterocycles. The van der Waals surface area contributed by atoms with Crippen molar-refractivity contribution in [3.8, 4) is 6.07 Å². The summed E-state index contributed by atoms with van der Waals surface area (Å²) >= 11 is 3.50. The van der Waals surface area contributed by atoms with Gasteiger partial charge in [0.05, 0.1) is 11.6 Å². The predicted octanol–water partition coefficient (Wildman–Crippen LogP) is 3.92. The number of rotatable bonds is 2. The average Bonchev–Trinajstić information content (AvgIpc) is 2.67. The molecule has 0 aromatic heterocycles. The monoisotopic (exact) mass is 278 g/mol. The number of nitriles is 1. The van der Waals surface area contributed by atoms with Gasteiger partial charge in [-0.25, -0.2) is 0 Å². The molecule has 0 aliphatic heterocycles. The Kier molecular flexibility index (Phi) is 3.50. The van der Waals surface area contributed by atoms with Crippen molar-refractivity contribution in [1.82, 2.24) is 0 Å². The molecule has 0 radical (unpaired) electrons. The van der Waals surface area contributed by atoms with Crippen LogP contribution in [0.3, 0.4) is 0 Å². The highest BCUT2D eigenvalue weighted by Crippen LogP contribution is 2.30. The molecule has 0 amide bonds. The maximum atomic E-state index is 8.78. The van der Waals surface area contributed by atoms with Crippen molar-refractivity contribution in [2.75, 3.05) is 5.32 Å². The predicted molar refractivity (Wildman–Crippen MR) is 69.3 cm³/mol. The van der Waals surface area contributed by atoms with Gasteiger partial charge in [0, 0.05) is 16.2 Å². The standard InChI is InChI=1S/C13H15BrN2/c1-9-2-4-11(6-9)16-13-5-3-10(8-15)7-12(13)14/h3,5,7,9,11,16H,2,4,6H2,1H3. The summed E-state index contributed by atoms with van der Waals surface area (Å²) in [7, 11) is 0. The van der Waals surface area contributed by atoms with Gasteiger partial charge in [0.25, 0.3) is 0 Å². The first-order valence-electron chi connectivity index (χ1n) is 5.65. The molecule has 1 N–H and O–H groups in total. The minimum Gasteiger partial charge on any atom is -0.381 e. The van der Waals surface area contributed by atoms with E-state index in [0.717, 1.165) is 16.1 Å². The summed E-state index contributed by atoms with van der Waals surface area (Å²) in [5, 5.41) is 12.3. The molecule has 2 rings (SSSR count). The summed E-state index contributed by atoms with van der Waals surface area (Å²) in [4.78, 5) is 0. The van der Waals surface area contributed by atoms with Gasteiger partial charge < -0.3 is 5.32 Å². The van der Waals surface area contributed by atoms with Crippen molar-refractivity contribution in [2.24, 2.45) is 5.92 Å². The van der Waals surface area contributed by atoms with Gasteiger partial charge >= 0.3 is 0 Å². The fraction of sp³-hybridized carbons (Fsp3) is 0.462. The van der Waals surface area contributed by atoms with E-state index in [1.165, 1.54) is 19.3 Å². The Bertz CT molecular complexity index is 422. The first-order chi connectivity index (χ1) is 7.69. The van der Waals surface area contributed by atoms with E-state index in [1.54, 1.807) is 0 Å². The van der Waals surface area contributed by atoms with E-state index in [4.69, 9.17) is 5.26 Å². The van der Waals surface area contributed by atoms with Crippen LogP contribution in [0.5, 0.6) is 0 Å². The van der Waals surface area contributed by atoms with Crippen LogP contribution in [0.2, 0.25) is 0 Å². The van der Waals surface area contributed by atoms with Crippen LogP contribution in [0.1, 0.15) is 31.7 Å². The van der Waals surface area contributed by atoms with Crippen molar-refractivity contribution >= 4 is 21.6 Å². The molecular weight excluding hydrogens is 264 g/mol. The summed E-state index contributed by atoms with van der Waals surface area (Å²) in [6.07, 6.45) is 3.80. The number of anilines is 1. The van der Waals surface area contributed by atoms with Crippen LogP contribution in [0.25, 0.3) is 0 Å². The van der Waals surface area contributed by atoms with Crippen LogP contribution < -0.4 is 5.32 Å². The Balaban J connectivity index is 2.08. The van der Waals surface area contributed by atoms with Crippen LogP contribution in [-0.4, -0.2) is 6.04 Å². The van der Waals surface area contributed by atoms with Crippen molar-refractivity contribution in [3.05, 3.63) is 28.2 Å². The zero-order valence-corrected chi connectivity index (χ0v) is 10.9. The van der Waals surface area contributed by atoms with Gasteiger partial charge in [-0.05, 0) is 59.3 Å². The molecule has 3 heteroatoms. The minimum atomic E-state index is 0.583. The highest BCUT2D eigenvalue weighted by Gasteiger charge is 2.21. The molecule has 1 aliphatic rings. The third-order valence-corrected chi connectivity index (χ3v) is 3.81. The topological polar surface area (TPSA) is 35.8 Å². The summed E-state index contributed by atoms with van der Waals surface area (Å²) in [6.45, 7) is 2.30. The Hall–Kier alpha value is -1.01. The minimum absolute atomic E-state index is 0.583. The largest absolute Gasteiger partial charge is 0.381 e. The number of benzene rings is 1. The van der Waals surface area contributed by atoms with E-state index >= 15 is 0 Å².